The quantitative estimate of drug-likeness (QED) is 0.124. The molecular weight excluding hydrogens is 843 g/mol. The summed E-state index contributed by atoms with van der Waals surface area (Å²) in [5, 5.41) is 46.6. The first-order valence-corrected chi connectivity index (χ1v) is 22.1. The lowest BCUT2D eigenvalue weighted by molar-refractivity contribution is -0.0454. The van der Waals surface area contributed by atoms with Crippen LogP contribution in [0.4, 0.5) is 0 Å². The number of nitrogens with zero attached hydrogens (tertiary/aromatic N) is 2. The van der Waals surface area contributed by atoms with E-state index in [1.54, 1.807) is 0 Å². The number of ether oxygens (including phenoxy) is 4. The fourth-order valence-electron chi connectivity index (χ4n) is 13.7. The third kappa shape index (κ3) is 5.47. The van der Waals surface area contributed by atoms with E-state index >= 15 is 0 Å². The summed E-state index contributed by atoms with van der Waals surface area (Å²) < 4.78 is 31.9. The molecule has 5 aromatic rings. The van der Waals surface area contributed by atoms with E-state index in [0.717, 1.165) is 88.7 Å². The summed E-state index contributed by atoms with van der Waals surface area (Å²) in [6.45, 7) is 2.72. The Morgan fingerprint density at radius 3 is 1.68 bits per heavy atom. The van der Waals surface area contributed by atoms with Crippen molar-refractivity contribution < 1.29 is 43.8 Å². The minimum absolute atomic E-state index is 0. The minimum atomic E-state index is -0.705. The second-order valence-corrected chi connectivity index (χ2v) is 19.1. The van der Waals surface area contributed by atoms with Gasteiger partial charge in [-0.25, -0.2) is 0 Å². The number of hydrogen-bond donors (Lipinski definition) is 4. The summed E-state index contributed by atoms with van der Waals surface area (Å²) in [5.74, 6) is 3.32. The Labute approximate surface area is 377 Å². The number of piperidine rings is 2. The van der Waals surface area contributed by atoms with Gasteiger partial charge in [-0.05, 0) is 118 Å². The molecule has 2 fully saturated rings. The van der Waals surface area contributed by atoms with Gasteiger partial charge in [-0.1, -0.05) is 24.3 Å². The molecule has 13 heteroatoms. The van der Waals surface area contributed by atoms with Gasteiger partial charge in [-0.3, -0.25) is 0 Å². The zero-order chi connectivity index (χ0) is 41.1. The van der Waals surface area contributed by atoms with Gasteiger partial charge in [0.2, 0.25) is 0 Å². The number of aromatic hydroxyl groups is 2. The first-order chi connectivity index (χ1) is 29.6. The first kappa shape index (κ1) is 41.1. The Balaban J connectivity index is 0.00000222. The van der Waals surface area contributed by atoms with Crippen molar-refractivity contribution in [2.24, 2.45) is 11.8 Å². The number of phenols is 2. The van der Waals surface area contributed by atoms with Crippen LogP contribution in [0.1, 0.15) is 46.2 Å². The van der Waals surface area contributed by atoms with E-state index in [1.807, 2.05) is 60.7 Å². The van der Waals surface area contributed by atoms with E-state index in [-0.39, 0.29) is 71.2 Å². The Morgan fingerprint density at radius 2 is 1.14 bits per heavy atom. The maximum Gasteiger partial charge on any atom is 0.165 e. The van der Waals surface area contributed by atoms with Crippen molar-refractivity contribution >= 4 is 46.8 Å². The van der Waals surface area contributed by atoms with Crippen molar-refractivity contribution in [3.8, 4) is 34.5 Å². The van der Waals surface area contributed by atoms with Gasteiger partial charge in [-0.15, -0.1) is 24.8 Å². The monoisotopic (exact) mass is 894 g/mol. The second-order valence-electron chi connectivity index (χ2n) is 19.1. The molecule has 330 valence electrons. The summed E-state index contributed by atoms with van der Waals surface area (Å²) in [4.78, 5) is 4.89. The van der Waals surface area contributed by atoms with Gasteiger partial charge in [0.15, 0.2) is 23.0 Å². The Morgan fingerprint density at radius 1 is 0.635 bits per heavy atom. The molecule has 2 saturated heterocycles. The van der Waals surface area contributed by atoms with Gasteiger partial charge < -0.3 is 53.6 Å². The fourth-order valence-corrected chi connectivity index (χ4v) is 13.7. The fraction of sp³-hybridized carbons (Fsp3) is 0.440. The number of rotatable bonds is 8. The molecule has 4 N–H and O–H groups in total. The van der Waals surface area contributed by atoms with Crippen LogP contribution < -0.4 is 18.9 Å². The number of halogens is 2. The molecule has 13 rings (SSSR count). The highest BCUT2D eigenvalue weighted by molar-refractivity contribution is 6.05. The van der Waals surface area contributed by atoms with Gasteiger partial charge in [0.1, 0.15) is 47.1 Å². The number of benzene rings is 4. The second kappa shape index (κ2) is 14.4. The summed E-state index contributed by atoms with van der Waals surface area (Å²) in [6, 6.07) is 16.2. The molecule has 4 aliphatic carbocycles. The highest BCUT2D eigenvalue weighted by Crippen LogP contribution is 2.64. The van der Waals surface area contributed by atoms with Crippen molar-refractivity contribution in [1.29, 1.82) is 0 Å². The molecule has 4 aromatic carbocycles. The maximum atomic E-state index is 11.3. The molecular formula is C50H52Cl2N2O9. The van der Waals surface area contributed by atoms with Crippen molar-refractivity contribution in [1.82, 2.24) is 9.80 Å². The average Bonchev–Trinajstić information content (AvgIpc) is 3.92. The lowest BCUT2D eigenvalue weighted by Crippen LogP contribution is -2.64. The van der Waals surface area contributed by atoms with Crippen LogP contribution in [-0.4, -0.2) is 107 Å². The average molecular weight is 896 g/mol. The number of fused-ring (bicyclic) bond motifs is 3. The van der Waals surface area contributed by atoms with Crippen LogP contribution in [0.15, 0.2) is 77.3 Å². The molecule has 10 atom stereocenters. The van der Waals surface area contributed by atoms with Crippen molar-refractivity contribution in [3.05, 3.63) is 106 Å². The minimum Gasteiger partial charge on any atom is -0.504 e. The van der Waals surface area contributed by atoms with Gasteiger partial charge in [0, 0.05) is 75.6 Å². The van der Waals surface area contributed by atoms with Crippen LogP contribution in [0, 0.1) is 11.8 Å². The highest BCUT2D eigenvalue weighted by Gasteiger charge is 2.66. The van der Waals surface area contributed by atoms with Gasteiger partial charge in [-0.2, -0.15) is 0 Å². The highest BCUT2D eigenvalue weighted by atomic mass is 35.5. The molecule has 2 spiro atoms. The summed E-state index contributed by atoms with van der Waals surface area (Å²) in [7, 11) is 4.39. The number of aliphatic hydroxyl groups excluding tert-OH is 2. The Bertz CT molecular complexity index is 2770. The van der Waals surface area contributed by atoms with Gasteiger partial charge >= 0.3 is 0 Å². The van der Waals surface area contributed by atoms with E-state index in [9.17, 15) is 20.4 Å². The number of aliphatic hydroxyl groups is 2. The van der Waals surface area contributed by atoms with Crippen molar-refractivity contribution in [2.45, 2.75) is 85.9 Å². The molecule has 0 radical (unpaired) electrons. The standard InChI is InChI=1S/C50H50N2O9.2ClH/c1-51-15-13-49-33-6-8-37(53)47(49)60-45-39(55)19-25(30(43(45)49)23-35(33)51)11-17-57-27-4-10-41-32(21-27)29-5-3-28(22-42(29)59-41)58-18-12-26-20-40(56)46-44-31(26)24-36-34-7-9-38(54)48(61-46)50(34,44)14-16-52(36)2;;/h3-10,19-22,33-38,47-48,53-56H,11-18,23-24H2,1-2H3;2*1H/t33-,34-,35+,36+,37-,38-,47-,48-,49-,50-;;/m0../s1. The SMILES string of the molecule is CN1CC[C@]23c4c5c(CCOc6ccc7c(c6)oc6ccc(OCCc8cc(O)c9c%10c8C[C@@H]8[C@@H]%11C=C[C@H](O)[C@H](O9)[C@]%10%11CCN8C)cc67)cc(O)c4O[C@H]2[C@@H](O)C=C[C@H]3[C@H]1C5.Cl.Cl. The molecule has 4 aliphatic heterocycles. The zero-order valence-electron chi connectivity index (χ0n) is 35.2. The molecule has 8 aliphatic rings. The van der Waals surface area contributed by atoms with Crippen molar-refractivity contribution in [2.75, 3.05) is 40.4 Å². The molecule has 4 bridgehead atoms. The molecule has 0 unspecified atom stereocenters. The van der Waals surface area contributed by atoms with E-state index in [0.29, 0.717) is 55.4 Å². The number of furan rings is 1. The molecule has 0 saturated carbocycles. The maximum absolute atomic E-state index is 11.3. The lowest BCUT2D eigenvalue weighted by Gasteiger charge is -2.56. The van der Waals surface area contributed by atoms with Gasteiger partial charge in [0.05, 0.1) is 13.2 Å². The molecule has 1 aromatic heterocycles. The van der Waals surface area contributed by atoms with E-state index in [2.05, 4.69) is 36.0 Å². The van der Waals surface area contributed by atoms with Crippen molar-refractivity contribution in [3.63, 3.8) is 0 Å². The number of phenolic OH excluding ortho intramolecular Hbond substituents is 2. The normalized spacial score (nSPS) is 32.3. The predicted molar refractivity (Wildman–Crippen MR) is 242 cm³/mol. The predicted octanol–water partition coefficient (Wildman–Crippen LogP) is 6.70. The first-order valence-electron chi connectivity index (χ1n) is 22.1. The Hall–Kier alpha value is -4.62. The van der Waals surface area contributed by atoms with Crippen LogP contribution in [0.3, 0.4) is 0 Å². The summed E-state index contributed by atoms with van der Waals surface area (Å²) >= 11 is 0. The summed E-state index contributed by atoms with van der Waals surface area (Å²) in [6.07, 6.45) is 10.7. The lowest BCUT2D eigenvalue weighted by atomic mass is 9.53. The van der Waals surface area contributed by atoms with Gasteiger partial charge in [0.25, 0.3) is 0 Å². The Kier molecular flexibility index (Phi) is 9.42. The third-order valence-electron chi connectivity index (χ3n) is 16.4. The molecule has 0 amide bonds. The van der Waals surface area contributed by atoms with E-state index in [4.69, 9.17) is 23.4 Å². The van der Waals surface area contributed by atoms with Crippen LogP contribution in [0.5, 0.6) is 34.5 Å². The third-order valence-corrected chi connectivity index (χ3v) is 16.4. The van der Waals surface area contributed by atoms with Crippen LogP contribution >= 0.6 is 24.8 Å². The number of likely N-dealkylation sites (N-methyl/N-ethyl adjacent to an activating group) is 2. The van der Waals surface area contributed by atoms with Crippen LogP contribution in [-0.2, 0) is 36.5 Å². The summed E-state index contributed by atoms with van der Waals surface area (Å²) in [5.41, 5.74) is 7.66. The largest absolute Gasteiger partial charge is 0.504 e. The zero-order valence-corrected chi connectivity index (χ0v) is 36.8. The molecule has 11 nitrogen and oxygen atoms in total. The van der Waals surface area contributed by atoms with Crippen LogP contribution in [0.25, 0.3) is 21.9 Å². The van der Waals surface area contributed by atoms with E-state index in [1.165, 1.54) is 11.1 Å². The number of likely N-dealkylation sites (tertiary alicyclic amines) is 2. The van der Waals surface area contributed by atoms with E-state index < -0.39 is 12.2 Å². The number of hydrogen-bond acceptors (Lipinski definition) is 11. The molecule has 5 heterocycles. The van der Waals surface area contributed by atoms with Crippen LogP contribution in [0.2, 0.25) is 0 Å². The topological polar surface area (TPSA) is 137 Å². The smallest absolute Gasteiger partial charge is 0.165 e. The molecule has 63 heavy (non-hydrogen) atoms.